The Bertz CT molecular complexity index is 4350. The van der Waals surface area contributed by atoms with E-state index in [1.807, 2.05) is 145 Å². The maximum Gasteiger partial charge on any atom is 0.340 e. The third kappa shape index (κ3) is 33.0. The minimum absolute atomic E-state index is 0.0166. The van der Waals surface area contributed by atoms with Crippen LogP contribution in [0, 0.1) is 35.5 Å². The van der Waals surface area contributed by atoms with Gasteiger partial charge in [-0.15, -0.1) is 0 Å². The number of carboxylic acid groups (broad SMARTS) is 2. The van der Waals surface area contributed by atoms with Crippen molar-refractivity contribution in [2.45, 2.75) is 411 Å². The van der Waals surface area contributed by atoms with Gasteiger partial charge in [0.1, 0.15) is 58.2 Å². The highest BCUT2D eigenvalue weighted by atomic mass is 31.1. The minimum atomic E-state index is -1.19. The van der Waals surface area contributed by atoms with Gasteiger partial charge < -0.3 is 134 Å². The number of hydrogen-bond donors (Lipinski definition) is 2. The lowest BCUT2D eigenvalue weighted by Crippen LogP contribution is -2.57. The topological polar surface area (TPSA) is 443 Å². The molecule has 140 heavy (non-hydrogen) atoms. The largest absolute Gasteiger partial charge is 0.481 e. The summed E-state index contributed by atoms with van der Waals surface area (Å²) in [6, 6.07) is -0.169. The van der Waals surface area contributed by atoms with Gasteiger partial charge in [0.25, 0.3) is 0 Å². The predicted octanol–water partition coefficient (Wildman–Crippen LogP) is 15.1. The maximum atomic E-state index is 12.6. The van der Waals surface area contributed by atoms with Crippen LogP contribution < -0.4 is 0 Å². The Morgan fingerprint density at radius 3 is 0.857 bits per heavy atom. The molecule has 8 aliphatic rings. The van der Waals surface area contributed by atoms with Crippen molar-refractivity contribution in [3.63, 3.8) is 0 Å². The number of aldehydes is 2. The van der Waals surface area contributed by atoms with Gasteiger partial charge in [-0.3, -0.25) is 27.8 Å². The zero-order valence-corrected chi connectivity index (χ0v) is 93.4. The van der Waals surface area contributed by atoms with Crippen LogP contribution in [-0.4, -0.2) is 329 Å². The van der Waals surface area contributed by atoms with E-state index in [4.69, 9.17) is 94.7 Å². The van der Waals surface area contributed by atoms with Crippen molar-refractivity contribution in [3.8, 4) is 0 Å². The van der Waals surface area contributed by atoms with Crippen LogP contribution in [-0.2, 0) is 151 Å². The fourth-order valence-corrected chi connectivity index (χ4v) is 22.3. The molecule has 0 aromatic carbocycles. The molecule has 0 aromatic heterocycles. The molecule has 8 rings (SSSR count). The molecule has 800 valence electrons. The minimum Gasteiger partial charge on any atom is -0.481 e. The molecular formula is C98H164N4O34P4. The summed E-state index contributed by atoms with van der Waals surface area (Å²) in [6.45, 7) is 45.3. The van der Waals surface area contributed by atoms with Crippen LogP contribution in [0.3, 0.4) is 0 Å². The molecule has 4 unspecified atom stereocenters. The van der Waals surface area contributed by atoms with Gasteiger partial charge in [-0.05, 0) is 191 Å². The molecule has 0 radical (unpaired) electrons. The molecule has 8 aliphatic heterocycles. The summed E-state index contributed by atoms with van der Waals surface area (Å²) >= 11 is 0. The Morgan fingerprint density at radius 2 is 0.614 bits per heavy atom. The number of carboxylic acids is 2. The first-order chi connectivity index (χ1) is 64.6. The number of aliphatic carboxylic acids is 2. The predicted molar refractivity (Wildman–Crippen MR) is 518 cm³/mol. The lowest BCUT2D eigenvalue weighted by Gasteiger charge is -2.47. The summed E-state index contributed by atoms with van der Waals surface area (Å²) in [7, 11) is 21.1. The molecule has 4 saturated heterocycles. The summed E-state index contributed by atoms with van der Waals surface area (Å²) in [5.74, 6) is -10.0. The molecule has 38 nitrogen and oxygen atoms in total. The summed E-state index contributed by atoms with van der Waals surface area (Å²) in [5, 5.41) is 19.2. The average Bonchev–Trinajstić information content (AvgIpc) is 0.306. The van der Waals surface area contributed by atoms with Crippen LogP contribution >= 0.6 is 33.8 Å². The van der Waals surface area contributed by atoms with Crippen LogP contribution in [0.1, 0.15) is 244 Å². The number of nitrogens with zero attached hydrogens (tertiary/aromatic N) is 4. The van der Waals surface area contributed by atoms with E-state index >= 15 is 0 Å². The number of esters is 4. The van der Waals surface area contributed by atoms with Gasteiger partial charge in [0.05, 0.1) is 105 Å². The molecule has 4 fully saturated rings. The van der Waals surface area contributed by atoms with Gasteiger partial charge in [0.2, 0.25) is 23.1 Å². The van der Waals surface area contributed by atoms with Crippen LogP contribution in [0.5, 0.6) is 0 Å². The molecule has 0 aliphatic carbocycles. The van der Waals surface area contributed by atoms with Gasteiger partial charge >= 0.3 is 35.8 Å². The Morgan fingerprint density at radius 1 is 0.386 bits per heavy atom. The summed E-state index contributed by atoms with van der Waals surface area (Å²) in [4.78, 5) is 105. The first kappa shape index (κ1) is 125. The van der Waals surface area contributed by atoms with Gasteiger partial charge in [-0.25, -0.2) is 19.2 Å². The number of methoxy groups -OCH3 is 4. The van der Waals surface area contributed by atoms with Crippen LogP contribution in [0.15, 0.2) is 45.3 Å². The van der Waals surface area contributed by atoms with Crippen molar-refractivity contribution in [3.05, 3.63) is 45.3 Å². The first-order valence-corrected chi connectivity index (χ1v) is 51.4. The van der Waals surface area contributed by atoms with E-state index in [9.17, 15) is 66.8 Å². The quantitative estimate of drug-likeness (QED) is 0.0248. The molecule has 30 atom stereocenters. The van der Waals surface area contributed by atoms with Crippen LogP contribution in [0.2, 0.25) is 0 Å². The maximum absolute atomic E-state index is 12.6. The highest BCUT2D eigenvalue weighted by Gasteiger charge is 2.56. The van der Waals surface area contributed by atoms with E-state index < -0.39 is 177 Å². The van der Waals surface area contributed by atoms with Crippen LogP contribution in [0.4, 0.5) is 0 Å². The number of cyclic esters (lactones) is 4. The highest BCUT2D eigenvalue weighted by Crippen LogP contribution is 2.48. The third-order valence-electron chi connectivity index (χ3n) is 27.4. The van der Waals surface area contributed by atoms with E-state index in [0.717, 1.165) is 12.6 Å². The molecule has 42 heteroatoms. The molecule has 0 saturated carbocycles. The zero-order chi connectivity index (χ0) is 107. The highest BCUT2D eigenvalue weighted by molar-refractivity contribution is 7.25. The van der Waals surface area contributed by atoms with Gasteiger partial charge in [-0.1, -0.05) is 41.5 Å². The summed E-state index contributed by atoms with van der Waals surface area (Å²) in [5.41, 5.74) is -4.66. The smallest absolute Gasteiger partial charge is 0.340 e. The number of ether oxygens (including phenoxy) is 20. The van der Waals surface area contributed by atoms with Crippen molar-refractivity contribution in [2.24, 2.45) is 35.5 Å². The number of hydrogen-bond acceptors (Lipinski definition) is 36. The molecule has 0 aromatic rings. The molecule has 2 N–H and O–H groups in total. The van der Waals surface area contributed by atoms with Gasteiger partial charge in [-0.2, -0.15) is 0 Å². The number of rotatable bonds is 44. The SMILES string of the molecule is CO[C@](C)(C[C@@H](C)C(=O)O)[C@@H](CC1=C(C)C(=O)OC(C)(C)O1)O[C@@H]1O[C@H](C)CC(N(C)C)[C@H]1P=O.CO[C@](C)(C[C@@H](C)C(=O)O)[C@H](O[C@@H]1O[C@H](C)CC(N(C)C)[C@H]1P=O)[C@@H](C)C1=C(C)C(=O)OC(C)(C)O1.CO[C@](C)(C[C@@H](C)C=O)[C@@H](CC1=C(C)C(=O)OC(C)(C)O1)O[C@@H]1O[C@H](C)CC(N(C)C)[C@H]1P=O.CO[C@](C)(C[C@@H](C)C=O)[C@H](O[C@@H]1O[C@H](C)CC(N(C)C)[C@H]1P=O)[C@@H](C)C1=C(C)C(=O)OC(C)(C)O1. The molecule has 0 spiro atoms. The average molecular weight is 2070 g/mol. The van der Waals surface area contributed by atoms with E-state index in [0.29, 0.717) is 83.9 Å². The van der Waals surface area contributed by atoms with Gasteiger partial charge in [0.15, 0.2) is 59.0 Å². The monoisotopic (exact) mass is 2070 g/mol. The molecule has 8 heterocycles. The summed E-state index contributed by atoms with van der Waals surface area (Å²) in [6.07, 6.45) is -1.04. The number of carbonyl (C=O) groups is 8. The Balaban J connectivity index is 0.000000329. The Labute approximate surface area is 835 Å². The van der Waals surface area contributed by atoms with Crippen LogP contribution in [0.25, 0.3) is 0 Å². The molecular weight excluding hydrogens is 1900 g/mol. The zero-order valence-electron chi connectivity index (χ0n) is 89.8. The fraction of sp³-hybridized carbons (Fsp3) is 0.837. The summed E-state index contributed by atoms with van der Waals surface area (Å²) < 4.78 is 169. The van der Waals surface area contributed by atoms with E-state index in [2.05, 4.69) is 0 Å². The van der Waals surface area contributed by atoms with E-state index in [1.165, 1.54) is 14.2 Å². The molecule has 0 bridgehead atoms. The normalized spacial score (nSPS) is 30.9. The Kier molecular flexibility index (Phi) is 46.8. The van der Waals surface area contributed by atoms with Crippen molar-refractivity contribution in [2.75, 3.05) is 84.8 Å². The fourth-order valence-electron chi connectivity index (χ4n) is 19.2. The van der Waals surface area contributed by atoms with E-state index in [-0.39, 0.29) is 120 Å². The second kappa shape index (κ2) is 52.6. The van der Waals surface area contributed by atoms with Gasteiger partial charge in [0, 0.05) is 145 Å². The Hall–Kier alpha value is -5.92. The van der Waals surface area contributed by atoms with Crippen molar-refractivity contribution < 1.29 is 162 Å². The molecule has 0 amide bonds. The number of carbonyl (C=O) groups excluding carboxylic acids is 6. The van der Waals surface area contributed by atoms with Crippen molar-refractivity contribution >= 4 is 82.2 Å². The lowest BCUT2D eigenvalue weighted by atomic mass is 9.80. The third-order valence-corrected chi connectivity index (χ3v) is 30.8. The van der Waals surface area contributed by atoms with Crippen molar-refractivity contribution in [1.82, 2.24) is 19.6 Å². The second-order valence-electron chi connectivity index (χ2n) is 42.3. The van der Waals surface area contributed by atoms with E-state index in [1.54, 1.807) is 125 Å². The lowest BCUT2D eigenvalue weighted by molar-refractivity contribution is -0.266. The second-order valence-corrected chi connectivity index (χ2v) is 45.5. The standard InChI is InChI=1S/C25H42NO9P.C25H42NO8P.C24H40NO9P.C24H40NO8P/c1-13(21(27)28)12-25(7,31-10)20(15(3)18-16(4)22(29)35-24(5,6)34-18)33-23-19(36-30)17(26(8)9)11-14(2)32-23;1-14(13-27)12-25(7,30-10)21(16(3)19-17(4)22(28)34-24(5,6)33-19)32-23-20(35-29)18(26(8)9)11-15(2)31-23;1-13(20(26)27)12-24(6,30-9)18(11-17-15(3)21(28)34-23(4,5)33-17)32-22-19(35-29)16(25(7)8)10-14(2)31-22;1-14(13-26)12-24(6,29-9)19(11-18-16(3)21(27)33-23(4,5)32-18)31-22-20(34-28)17(25(7)8)10-15(2)30-22/h13-15,17,19-20,23H,11-12H2,1-10H3,(H,27,28);13-16,18,20-21,23H,11-12H2,1-10H3;13-14,16,18-19,22H,10-12H2,1-9H3,(H,26,27);13-15,17,19-20,22H,10-12H2,1-9H3/t13-,14-,15+,17?,19-,20-,23+,25-;14-,15-,16+,18?,20-,21-,23+,25-;13-,14-,16?,18-,19-,22+,24-;14-,15-,17?,19-,20-,22+,24-/m1111/s1. The van der Waals surface area contributed by atoms with Crippen molar-refractivity contribution in [1.29, 1.82) is 0 Å². The first-order valence-electron chi connectivity index (χ1n) is 47.9.